The van der Waals surface area contributed by atoms with Crippen LogP contribution in [0.3, 0.4) is 0 Å². The molecule has 0 saturated carbocycles. The van der Waals surface area contributed by atoms with Gasteiger partial charge in [0.15, 0.2) is 5.78 Å². The topological polar surface area (TPSA) is 26.3 Å². The lowest BCUT2D eigenvalue weighted by atomic mass is 9.93. The number of Topliss-reactive ketones (excluding diaryl/α,β-unsaturated/α-hetero) is 1. The molecule has 15 heavy (non-hydrogen) atoms. The molecule has 0 atom stereocenters. The van der Waals surface area contributed by atoms with Gasteiger partial charge in [0.2, 0.25) is 0 Å². The number of hydrogen-bond donors (Lipinski definition) is 0. The summed E-state index contributed by atoms with van der Waals surface area (Å²) < 4.78 is 5.77. The zero-order valence-corrected chi connectivity index (χ0v) is 9.20. The minimum atomic E-state index is -0.407. The third-order valence-electron chi connectivity index (χ3n) is 2.42. The molecule has 0 unspecified atom stereocenters. The molecule has 1 aromatic rings. The van der Waals surface area contributed by atoms with Crippen molar-refractivity contribution in [1.82, 2.24) is 0 Å². The number of allylic oxidation sites excluding steroid dienone is 1. The van der Waals surface area contributed by atoms with E-state index in [-0.39, 0.29) is 5.78 Å². The van der Waals surface area contributed by atoms with E-state index in [1.165, 1.54) is 0 Å². The van der Waals surface area contributed by atoms with Crippen molar-refractivity contribution in [2.75, 3.05) is 0 Å². The van der Waals surface area contributed by atoms with Crippen LogP contribution >= 0.6 is 0 Å². The van der Waals surface area contributed by atoms with Crippen LogP contribution in [-0.2, 0) is 4.79 Å². The number of ether oxygens (including phenoxy) is 1. The molecule has 0 fully saturated rings. The molecule has 0 bridgehead atoms. The van der Waals surface area contributed by atoms with Crippen LogP contribution in [0.15, 0.2) is 30.3 Å². The second-order valence-corrected chi connectivity index (χ2v) is 4.32. The molecule has 0 N–H and O–H groups in total. The number of para-hydroxylation sites is 1. The van der Waals surface area contributed by atoms with Gasteiger partial charge in [-0.05, 0) is 32.9 Å². The average molecular weight is 202 g/mol. The zero-order chi connectivity index (χ0) is 11.1. The third-order valence-corrected chi connectivity index (χ3v) is 2.42. The molecule has 0 saturated heterocycles. The fourth-order valence-corrected chi connectivity index (χ4v) is 1.81. The van der Waals surface area contributed by atoms with Gasteiger partial charge in [0, 0.05) is 11.1 Å². The molecule has 0 spiro atoms. The van der Waals surface area contributed by atoms with Gasteiger partial charge in [-0.15, -0.1) is 0 Å². The summed E-state index contributed by atoms with van der Waals surface area (Å²) in [6.07, 6.45) is 1.89. The van der Waals surface area contributed by atoms with Crippen LogP contribution in [0.4, 0.5) is 0 Å². The highest BCUT2D eigenvalue weighted by Gasteiger charge is 2.27. The summed E-state index contributed by atoms with van der Waals surface area (Å²) in [6, 6.07) is 7.64. The summed E-state index contributed by atoms with van der Waals surface area (Å²) in [7, 11) is 0. The smallest absolute Gasteiger partial charge is 0.160 e. The second-order valence-electron chi connectivity index (χ2n) is 4.32. The molecule has 1 heterocycles. The number of hydrogen-bond acceptors (Lipinski definition) is 2. The Morgan fingerprint density at radius 2 is 1.93 bits per heavy atom. The van der Waals surface area contributed by atoms with Crippen molar-refractivity contribution in [2.24, 2.45) is 0 Å². The van der Waals surface area contributed by atoms with Gasteiger partial charge < -0.3 is 4.74 Å². The van der Waals surface area contributed by atoms with Crippen molar-refractivity contribution < 1.29 is 9.53 Å². The number of ketones is 1. The first kappa shape index (κ1) is 9.97. The molecule has 78 valence electrons. The minimum Gasteiger partial charge on any atom is -0.483 e. The lowest BCUT2D eigenvalue weighted by Crippen LogP contribution is -2.29. The van der Waals surface area contributed by atoms with E-state index in [4.69, 9.17) is 4.74 Å². The van der Waals surface area contributed by atoms with Crippen molar-refractivity contribution in [3.05, 3.63) is 35.9 Å². The van der Waals surface area contributed by atoms with Crippen LogP contribution in [0.5, 0.6) is 5.75 Å². The second kappa shape index (κ2) is 3.23. The SMILES string of the molecule is CC(=O)C1=CC(C)(C)Oc2ccccc21. The van der Waals surface area contributed by atoms with Gasteiger partial charge in [-0.2, -0.15) is 0 Å². The zero-order valence-electron chi connectivity index (χ0n) is 9.20. The van der Waals surface area contributed by atoms with E-state index in [0.29, 0.717) is 0 Å². The van der Waals surface area contributed by atoms with E-state index < -0.39 is 5.60 Å². The van der Waals surface area contributed by atoms with Crippen LogP contribution in [0.1, 0.15) is 26.3 Å². The number of carbonyl (C=O) groups is 1. The van der Waals surface area contributed by atoms with Gasteiger partial charge in [0.25, 0.3) is 0 Å². The number of fused-ring (bicyclic) bond motifs is 1. The largest absolute Gasteiger partial charge is 0.483 e. The third kappa shape index (κ3) is 1.80. The fourth-order valence-electron chi connectivity index (χ4n) is 1.81. The van der Waals surface area contributed by atoms with Crippen LogP contribution in [0, 0.1) is 0 Å². The Kier molecular flexibility index (Phi) is 2.14. The maximum Gasteiger partial charge on any atom is 0.160 e. The monoisotopic (exact) mass is 202 g/mol. The highest BCUT2D eigenvalue weighted by Crippen LogP contribution is 2.35. The van der Waals surface area contributed by atoms with Crippen molar-refractivity contribution in [3.8, 4) is 5.75 Å². The Bertz CT molecular complexity index is 442. The van der Waals surface area contributed by atoms with Gasteiger partial charge >= 0.3 is 0 Å². The van der Waals surface area contributed by atoms with Crippen molar-refractivity contribution in [1.29, 1.82) is 0 Å². The first-order chi connectivity index (χ1) is 6.99. The van der Waals surface area contributed by atoms with E-state index in [1.807, 2.05) is 44.2 Å². The van der Waals surface area contributed by atoms with Crippen molar-refractivity contribution in [3.63, 3.8) is 0 Å². The fraction of sp³-hybridized carbons (Fsp3) is 0.308. The van der Waals surface area contributed by atoms with Crippen LogP contribution in [-0.4, -0.2) is 11.4 Å². The standard InChI is InChI=1S/C13H14O2/c1-9(14)11-8-13(2,3)15-12-7-5-4-6-10(11)12/h4-8H,1-3H3. The van der Waals surface area contributed by atoms with Gasteiger partial charge in [0.1, 0.15) is 11.4 Å². The Balaban J connectivity index is 2.60. The molecular formula is C13H14O2. The summed E-state index contributed by atoms with van der Waals surface area (Å²) in [4.78, 5) is 11.5. The predicted molar refractivity (Wildman–Crippen MR) is 59.8 cm³/mol. The molecule has 0 amide bonds. The summed E-state index contributed by atoms with van der Waals surface area (Å²) in [5, 5.41) is 0. The van der Waals surface area contributed by atoms with E-state index in [0.717, 1.165) is 16.9 Å². The molecule has 2 nitrogen and oxygen atoms in total. The molecule has 0 aromatic heterocycles. The summed E-state index contributed by atoms with van der Waals surface area (Å²) in [6.45, 7) is 5.49. The average Bonchev–Trinajstić information content (AvgIpc) is 2.14. The first-order valence-electron chi connectivity index (χ1n) is 5.02. The maximum absolute atomic E-state index is 11.5. The molecule has 2 heteroatoms. The Hall–Kier alpha value is -1.57. The highest BCUT2D eigenvalue weighted by molar-refractivity contribution is 6.20. The van der Waals surface area contributed by atoms with Crippen LogP contribution < -0.4 is 4.74 Å². The molecule has 0 aliphatic carbocycles. The highest BCUT2D eigenvalue weighted by atomic mass is 16.5. The summed E-state index contributed by atoms with van der Waals surface area (Å²) in [5.74, 6) is 0.869. The molecule has 1 aliphatic rings. The van der Waals surface area contributed by atoms with Crippen molar-refractivity contribution in [2.45, 2.75) is 26.4 Å². The number of benzene rings is 1. The van der Waals surface area contributed by atoms with Gasteiger partial charge in [-0.1, -0.05) is 18.2 Å². The van der Waals surface area contributed by atoms with Crippen LogP contribution in [0.2, 0.25) is 0 Å². The molecule has 1 aliphatic heterocycles. The van der Waals surface area contributed by atoms with E-state index in [2.05, 4.69) is 0 Å². The van der Waals surface area contributed by atoms with Crippen molar-refractivity contribution >= 4 is 11.4 Å². The van der Waals surface area contributed by atoms with Gasteiger partial charge in [0.05, 0.1) is 0 Å². The first-order valence-corrected chi connectivity index (χ1v) is 5.02. The normalized spacial score (nSPS) is 17.4. The Labute approximate surface area is 89.6 Å². The Morgan fingerprint density at radius 1 is 1.27 bits per heavy atom. The quantitative estimate of drug-likeness (QED) is 0.700. The van der Waals surface area contributed by atoms with Gasteiger partial charge in [-0.25, -0.2) is 0 Å². The number of rotatable bonds is 1. The lowest BCUT2D eigenvalue weighted by Gasteiger charge is -2.30. The number of carbonyl (C=O) groups excluding carboxylic acids is 1. The predicted octanol–water partition coefficient (Wildman–Crippen LogP) is 2.83. The lowest BCUT2D eigenvalue weighted by molar-refractivity contribution is -0.111. The Morgan fingerprint density at radius 3 is 2.60 bits per heavy atom. The summed E-state index contributed by atoms with van der Waals surface area (Å²) >= 11 is 0. The molecule has 0 radical (unpaired) electrons. The van der Waals surface area contributed by atoms with E-state index in [9.17, 15) is 4.79 Å². The maximum atomic E-state index is 11.5. The molecular weight excluding hydrogens is 188 g/mol. The minimum absolute atomic E-state index is 0.0822. The molecule has 1 aromatic carbocycles. The molecule has 2 rings (SSSR count). The summed E-state index contributed by atoms with van der Waals surface area (Å²) in [5.41, 5.74) is 1.24. The van der Waals surface area contributed by atoms with E-state index in [1.54, 1.807) is 6.92 Å². The van der Waals surface area contributed by atoms with E-state index >= 15 is 0 Å². The van der Waals surface area contributed by atoms with Gasteiger partial charge in [-0.3, -0.25) is 4.79 Å². The van der Waals surface area contributed by atoms with Crippen LogP contribution in [0.25, 0.3) is 5.57 Å².